The van der Waals surface area contributed by atoms with Gasteiger partial charge < -0.3 is 14.4 Å². The van der Waals surface area contributed by atoms with Crippen molar-refractivity contribution in [1.82, 2.24) is 10.1 Å². The first-order chi connectivity index (χ1) is 10.6. The molecule has 1 unspecified atom stereocenters. The fourth-order valence-corrected chi connectivity index (χ4v) is 2.44. The Morgan fingerprint density at radius 1 is 1.39 bits per heavy atom. The van der Waals surface area contributed by atoms with Gasteiger partial charge in [-0.1, -0.05) is 25.9 Å². The molecule has 0 spiro atoms. The summed E-state index contributed by atoms with van der Waals surface area (Å²) in [7, 11) is 0. The fourth-order valence-electron chi connectivity index (χ4n) is 1.87. The molecule has 124 valence electrons. The van der Waals surface area contributed by atoms with Gasteiger partial charge in [0.15, 0.2) is 11.9 Å². The van der Waals surface area contributed by atoms with Crippen LogP contribution in [-0.4, -0.2) is 21.2 Å². The van der Waals surface area contributed by atoms with Gasteiger partial charge >= 0.3 is 5.97 Å². The molecule has 1 aromatic carbocycles. The number of aromatic nitrogens is 2. The average molecular weight is 383 g/mol. The molecule has 2 aromatic rings. The van der Waals surface area contributed by atoms with Gasteiger partial charge in [0, 0.05) is 5.41 Å². The standard InChI is InChI=1S/C16H19BrN2O4/c1-8-6-10(12(20)11(17)7-8)14(21)22-9(2)13-18-15(19-23-13)16(3,4)5/h6-7,9,20H,1-5H3. The Hall–Kier alpha value is -1.89. The largest absolute Gasteiger partial charge is 0.506 e. The van der Waals surface area contributed by atoms with E-state index in [4.69, 9.17) is 9.26 Å². The van der Waals surface area contributed by atoms with Gasteiger partial charge in [0.25, 0.3) is 5.89 Å². The summed E-state index contributed by atoms with van der Waals surface area (Å²) in [6.45, 7) is 9.33. The number of hydrogen-bond donors (Lipinski definition) is 1. The maximum atomic E-state index is 12.3. The highest BCUT2D eigenvalue weighted by Crippen LogP contribution is 2.31. The molecule has 0 aliphatic rings. The van der Waals surface area contributed by atoms with Crippen LogP contribution in [0.3, 0.4) is 0 Å². The van der Waals surface area contributed by atoms with Crippen molar-refractivity contribution in [2.75, 3.05) is 0 Å². The van der Waals surface area contributed by atoms with Crippen molar-refractivity contribution in [2.45, 2.75) is 46.1 Å². The van der Waals surface area contributed by atoms with Crippen LogP contribution in [0.4, 0.5) is 0 Å². The summed E-state index contributed by atoms with van der Waals surface area (Å²) in [5, 5.41) is 13.9. The van der Waals surface area contributed by atoms with Crippen LogP contribution in [0, 0.1) is 6.92 Å². The van der Waals surface area contributed by atoms with Gasteiger partial charge in [0.05, 0.1) is 4.47 Å². The van der Waals surface area contributed by atoms with E-state index in [1.165, 1.54) is 0 Å². The van der Waals surface area contributed by atoms with Crippen LogP contribution in [0.1, 0.15) is 61.4 Å². The number of aromatic hydroxyl groups is 1. The third kappa shape index (κ3) is 3.90. The van der Waals surface area contributed by atoms with Crippen LogP contribution in [0.25, 0.3) is 0 Å². The lowest BCUT2D eigenvalue weighted by atomic mass is 9.96. The number of benzene rings is 1. The third-order valence-corrected chi connectivity index (χ3v) is 3.78. The van der Waals surface area contributed by atoms with E-state index in [2.05, 4.69) is 26.1 Å². The Kier molecular flexibility index (Phi) is 4.79. The highest BCUT2D eigenvalue weighted by Gasteiger charge is 2.26. The van der Waals surface area contributed by atoms with Gasteiger partial charge in [0.2, 0.25) is 0 Å². The molecule has 1 heterocycles. The number of aryl methyl sites for hydroxylation is 1. The van der Waals surface area contributed by atoms with Crippen molar-refractivity contribution in [3.63, 3.8) is 0 Å². The van der Waals surface area contributed by atoms with Gasteiger partial charge in [-0.15, -0.1) is 0 Å². The van der Waals surface area contributed by atoms with Gasteiger partial charge in [-0.3, -0.25) is 0 Å². The molecule has 0 saturated carbocycles. The Morgan fingerprint density at radius 2 is 2.04 bits per heavy atom. The van der Waals surface area contributed by atoms with E-state index in [0.29, 0.717) is 10.3 Å². The normalized spacial score (nSPS) is 13.0. The Bertz CT molecular complexity index is 734. The second-order valence-electron chi connectivity index (χ2n) is 6.40. The zero-order chi connectivity index (χ0) is 17.4. The van der Waals surface area contributed by atoms with Crippen molar-refractivity contribution < 1.29 is 19.2 Å². The van der Waals surface area contributed by atoms with Gasteiger partial charge in [-0.2, -0.15) is 4.98 Å². The molecule has 0 radical (unpaired) electrons. The van der Waals surface area contributed by atoms with Crippen LogP contribution in [-0.2, 0) is 10.2 Å². The summed E-state index contributed by atoms with van der Waals surface area (Å²) < 4.78 is 10.9. The number of rotatable bonds is 3. The molecule has 6 nitrogen and oxygen atoms in total. The van der Waals surface area contributed by atoms with Gasteiger partial charge in [-0.25, -0.2) is 4.79 Å². The fraction of sp³-hybridized carbons (Fsp3) is 0.438. The van der Waals surface area contributed by atoms with Gasteiger partial charge in [0.1, 0.15) is 11.3 Å². The van der Waals surface area contributed by atoms with Crippen LogP contribution < -0.4 is 0 Å². The number of halogens is 1. The highest BCUT2D eigenvalue weighted by molar-refractivity contribution is 9.10. The molecule has 0 saturated heterocycles. The Morgan fingerprint density at radius 3 is 2.61 bits per heavy atom. The average Bonchev–Trinajstić information content (AvgIpc) is 2.92. The lowest BCUT2D eigenvalue weighted by Gasteiger charge is -2.12. The maximum Gasteiger partial charge on any atom is 0.342 e. The van der Waals surface area contributed by atoms with E-state index in [1.807, 2.05) is 27.7 Å². The van der Waals surface area contributed by atoms with E-state index in [-0.39, 0.29) is 22.6 Å². The first kappa shape index (κ1) is 17.5. The number of ether oxygens (including phenoxy) is 1. The predicted molar refractivity (Wildman–Crippen MR) is 87.4 cm³/mol. The molecule has 0 fully saturated rings. The Balaban J connectivity index is 2.19. The lowest BCUT2D eigenvalue weighted by Crippen LogP contribution is -2.14. The number of nitrogens with zero attached hydrogens (tertiary/aromatic N) is 2. The summed E-state index contributed by atoms with van der Waals surface area (Å²) >= 11 is 3.20. The maximum absolute atomic E-state index is 12.3. The lowest BCUT2D eigenvalue weighted by molar-refractivity contribution is 0.0262. The Labute approximate surface area is 143 Å². The molecule has 1 aromatic heterocycles. The molecule has 0 amide bonds. The predicted octanol–water partition coefficient (Wildman–Crippen LogP) is 4.06. The zero-order valence-corrected chi connectivity index (χ0v) is 15.3. The molecule has 1 N–H and O–H groups in total. The van der Waals surface area contributed by atoms with Crippen molar-refractivity contribution in [2.24, 2.45) is 0 Å². The number of phenols is 1. The van der Waals surface area contributed by atoms with E-state index >= 15 is 0 Å². The summed E-state index contributed by atoms with van der Waals surface area (Å²) in [4.78, 5) is 16.5. The first-order valence-corrected chi connectivity index (χ1v) is 7.93. The van der Waals surface area contributed by atoms with Crippen LogP contribution in [0.2, 0.25) is 0 Å². The number of carbonyl (C=O) groups excluding carboxylic acids is 1. The second kappa shape index (κ2) is 6.31. The van der Waals surface area contributed by atoms with E-state index in [9.17, 15) is 9.90 Å². The monoisotopic (exact) mass is 382 g/mol. The highest BCUT2D eigenvalue weighted by atomic mass is 79.9. The van der Waals surface area contributed by atoms with Crippen molar-refractivity contribution in [3.05, 3.63) is 39.4 Å². The first-order valence-electron chi connectivity index (χ1n) is 7.13. The summed E-state index contributed by atoms with van der Waals surface area (Å²) in [6, 6.07) is 3.27. The van der Waals surface area contributed by atoms with Crippen molar-refractivity contribution in [1.29, 1.82) is 0 Å². The SMILES string of the molecule is Cc1cc(Br)c(O)c(C(=O)OC(C)c2nc(C(C)(C)C)no2)c1. The van der Waals surface area contributed by atoms with Crippen LogP contribution in [0.15, 0.2) is 21.1 Å². The molecular weight excluding hydrogens is 364 g/mol. The number of phenolic OH excluding ortho intramolecular Hbond substituents is 1. The van der Waals surface area contributed by atoms with Crippen molar-refractivity contribution >= 4 is 21.9 Å². The van der Waals surface area contributed by atoms with E-state index in [0.717, 1.165) is 5.56 Å². The third-order valence-electron chi connectivity index (χ3n) is 3.17. The molecule has 7 heteroatoms. The summed E-state index contributed by atoms with van der Waals surface area (Å²) in [5.74, 6) is -0.0605. The van der Waals surface area contributed by atoms with Crippen LogP contribution in [0.5, 0.6) is 5.75 Å². The topological polar surface area (TPSA) is 85.5 Å². The molecular formula is C16H19BrN2O4. The van der Waals surface area contributed by atoms with Gasteiger partial charge in [-0.05, 0) is 47.5 Å². The molecule has 0 bridgehead atoms. The summed E-state index contributed by atoms with van der Waals surface area (Å²) in [5.41, 5.74) is 0.645. The quantitative estimate of drug-likeness (QED) is 0.805. The minimum atomic E-state index is -0.718. The minimum Gasteiger partial charge on any atom is -0.506 e. The second-order valence-corrected chi connectivity index (χ2v) is 7.25. The molecule has 23 heavy (non-hydrogen) atoms. The molecule has 1 atom stereocenters. The van der Waals surface area contributed by atoms with E-state index in [1.54, 1.807) is 19.1 Å². The summed E-state index contributed by atoms with van der Waals surface area (Å²) in [6.07, 6.45) is -0.718. The molecule has 0 aliphatic heterocycles. The zero-order valence-electron chi connectivity index (χ0n) is 13.7. The smallest absolute Gasteiger partial charge is 0.342 e. The minimum absolute atomic E-state index is 0.0827. The molecule has 2 rings (SSSR count). The number of hydrogen-bond acceptors (Lipinski definition) is 6. The van der Waals surface area contributed by atoms with Crippen molar-refractivity contribution in [3.8, 4) is 5.75 Å². The molecule has 0 aliphatic carbocycles. The van der Waals surface area contributed by atoms with Crippen LogP contribution >= 0.6 is 15.9 Å². The number of esters is 1. The number of carbonyl (C=O) groups is 1. The van der Waals surface area contributed by atoms with E-state index < -0.39 is 12.1 Å².